The number of aliphatic carboxylic acids is 1. The number of aromatic nitrogens is 4. The van der Waals surface area contributed by atoms with Crippen LogP contribution in [0.2, 0.25) is 0 Å². The molecule has 3 rings (SSSR count). The van der Waals surface area contributed by atoms with E-state index in [0.29, 0.717) is 26.4 Å². The molecule has 28 heavy (non-hydrogen) atoms. The zero-order valence-corrected chi connectivity index (χ0v) is 17.7. The predicted molar refractivity (Wildman–Crippen MR) is 110 cm³/mol. The maximum atomic E-state index is 12.0. The molecular formula is C18H18IN5O4. The summed E-state index contributed by atoms with van der Waals surface area (Å²) in [4.78, 5) is 33.0. The number of hydrogen-bond donors (Lipinski definition) is 1. The standard InChI is InChI=1S/C18H18IN5O4/c1-10-20-6-11(7-21-10)12-4-13-14(24(8-17(26)27)22-18(13)19)5-15(12)28-9-16(25)23(2)3/h4-7H,8-9H2,1-3H3,(H,26,27). The van der Waals surface area contributed by atoms with Gasteiger partial charge in [0, 0.05) is 49.1 Å². The van der Waals surface area contributed by atoms with Crippen molar-refractivity contribution in [2.45, 2.75) is 13.5 Å². The molecule has 0 bridgehead atoms. The summed E-state index contributed by atoms with van der Waals surface area (Å²) in [6.45, 7) is 1.37. The second-order valence-corrected chi connectivity index (χ2v) is 7.33. The van der Waals surface area contributed by atoms with E-state index >= 15 is 0 Å². The topological polar surface area (TPSA) is 110 Å². The van der Waals surface area contributed by atoms with E-state index in [1.807, 2.05) is 6.07 Å². The highest BCUT2D eigenvalue weighted by Crippen LogP contribution is 2.35. The molecule has 9 nitrogen and oxygen atoms in total. The van der Waals surface area contributed by atoms with Crippen molar-refractivity contribution in [1.29, 1.82) is 0 Å². The average molecular weight is 495 g/mol. The van der Waals surface area contributed by atoms with Gasteiger partial charge in [-0.2, -0.15) is 5.10 Å². The minimum absolute atomic E-state index is 0.150. The summed E-state index contributed by atoms with van der Waals surface area (Å²) >= 11 is 2.06. The smallest absolute Gasteiger partial charge is 0.325 e. The van der Waals surface area contributed by atoms with Crippen LogP contribution in [-0.4, -0.2) is 62.3 Å². The van der Waals surface area contributed by atoms with Gasteiger partial charge >= 0.3 is 5.97 Å². The average Bonchev–Trinajstić information content (AvgIpc) is 2.93. The Morgan fingerprint density at radius 2 is 1.93 bits per heavy atom. The molecule has 0 atom stereocenters. The number of hydrogen-bond acceptors (Lipinski definition) is 6. The predicted octanol–water partition coefficient (Wildman–Crippen LogP) is 1.96. The molecule has 146 valence electrons. The maximum Gasteiger partial charge on any atom is 0.325 e. The van der Waals surface area contributed by atoms with Crippen LogP contribution in [0.1, 0.15) is 5.82 Å². The van der Waals surface area contributed by atoms with Crippen molar-refractivity contribution >= 4 is 45.4 Å². The first-order chi connectivity index (χ1) is 13.3. The highest BCUT2D eigenvalue weighted by atomic mass is 127. The number of ether oxygens (including phenoxy) is 1. The fourth-order valence-corrected chi connectivity index (χ4v) is 3.25. The van der Waals surface area contributed by atoms with Crippen molar-refractivity contribution in [3.05, 3.63) is 34.1 Å². The van der Waals surface area contributed by atoms with Crippen molar-refractivity contribution < 1.29 is 19.4 Å². The van der Waals surface area contributed by atoms with Crippen LogP contribution in [0.4, 0.5) is 0 Å². The second-order valence-electron chi connectivity index (χ2n) is 6.30. The molecule has 0 spiro atoms. The largest absolute Gasteiger partial charge is 0.483 e. The van der Waals surface area contributed by atoms with Crippen LogP contribution >= 0.6 is 22.6 Å². The Bertz CT molecular complexity index is 1050. The van der Waals surface area contributed by atoms with Crippen LogP contribution in [-0.2, 0) is 16.1 Å². The van der Waals surface area contributed by atoms with Crippen molar-refractivity contribution in [2.75, 3.05) is 20.7 Å². The van der Waals surface area contributed by atoms with Gasteiger partial charge in [-0.25, -0.2) is 9.97 Å². The van der Waals surface area contributed by atoms with Gasteiger partial charge in [0.05, 0.1) is 5.52 Å². The fraction of sp³-hybridized carbons (Fsp3) is 0.278. The van der Waals surface area contributed by atoms with E-state index in [1.165, 1.54) is 9.58 Å². The van der Waals surface area contributed by atoms with Gasteiger partial charge in [-0.1, -0.05) is 0 Å². The molecule has 0 saturated heterocycles. The first-order valence-corrected chi connectivity index (χ1v) is 9.38. The molecule has 3 aromatic rings. The van der Waals surface area contributed by atoms with Crippen molar-refractivity contribution in [2.24, 2.45) is 0 Å². The van der Waals surface area contributed by atoms with Gasteiger partial charge in [-0.05, 0) is 35.6 Å². The lowest BCUT2D eigenvalue weighted by atomic mass is 10.1. The molecule has 0 aliphatic rings. The summed E-state index contributed by atoms with van der Waals surface area (Å²) in [6.07, 6.45) is 3.36. The Hall–Kier alpha value is -2.76. The van der Waals surface area contributed by atoms with Crippen molar-refractivity contribution in [3.63, 3.8) is 0 Å². The lowest BCUT2D eigenvalue weighted by Gasteiger charge is -2.15. The summed E-state index contributed by atoms with van der Waals surface area (Å²) in [5.41, 5.74) is 2.03. The third kappa shape index (κ3) is 4.21. The number of carboxylic acid groups (broad SMARTS) is 1. The van der Waals surface area contributed by atoms with Gasteiger partial charge in [-0.3, -0.25) is 14.3 Å². The van der Waals surface area contributed by atoms with Gasteiger partial charge in [0.15, 0.2) is 6.61 Å². The highest BCUT2D eigenvalue weighted by Gasteiger charge is 2.18. The Morgan fingerprint density at radius 1 is 1.25 bits per heavy atom. The van der Waals surface area contributed by atoms with E-state index in [0.717, 1.165) is 10.9 Å². The van der Waals surface area contributed by atoms with Gasteiger partial charge in [0.25, 0.3) is 5.91 Å². The summed E-state index contributed by atoms with van der Waals surface area (Å²) in [7, 11) is 3.29. The molecule has 1 amide bonds. The SMILES string of the molecule is Cc1ncc(-c2cc3c(I)nn(CC(=O)O)c3cc2OCC(=O)N(C)C)cn1. The number of carbonyl (C=O) groups excluding carboxylic acids is 1. The van der Waals surface area contributed by atoms with E-state index < -0.39 is 5.97 Å². The summed E-state index contributed by atoms with van der Waals surface area (Å²) in [6, 6.07) is 3.55. The monoisotopic (exact) mass is 495 g/mol. The quantitative estimate of drug-likeness (QED) is 0.521. The lowest BCUT2D eigenvalue weighted by molar-refractivity contribution is -0.137. The fourth-order valence-electron chi connectivity index (χ4n) is 2.56. The third-order valence-electron chi connectivity index (χ3n) is 4.03. The molecule has 0 aliphatic carbocycles. The number of amides is 1. The second kappa shape index (κ2) is 8.09. The van der Waals surface area contributed by atoms with E-state index in [9.17, 15) is 9.59 Å². The van der Waals surface area contributed by atoms with Gasteiger partial charge in [0.1, 0.15) is 21.8 Å². The summed E-state index contributed by atoms with van der Waals surface area (Å²) < 4.78 is 7.85. The van der Waals surface area contributed by atoms with Gasteiger partial charge < -0.3 is 14.7 Å². The molecule has 0 unspecified atom stereocenters. The first-order valence-electron chi connectivity index (χ1n) is 8.30. The Balaban J connectivity index is 2.13. The Kier molecular flexibility index (Phi) is 5.77. The summed E-state index contributed by atoms with van der Waals surface area (Å²) in [5, 5.41) is 14.2. The lowest BCUT2D eigenvalue weighted by Crippen LogP contribution is -2.27. The highest BCUT2D eigenvalue weighted by molar-refractivity contribution is 14.1. The first kappa shape index (κ1) is 20.0. The molecule has 1 N–H and O–H groups in total. The third-order valence-corrected chi connectivity index (χ3v) is 4.83. The Labute approximate surface area is 174 Å². The number of carboxylic acids is 1. The van der Waals surface area contributed by atoms with Gasteiger partial charge in [-0.15, -0.1) is 0 Å². The summed E-state index contributed by atoms with van der Waals surface area (Å²) in [5.74, 6) is -0.126. The number of nitrogens with zero attached hydrogens (tertiary/aromatic N) is 5. The van der Waals surface area contributed by atoms with Crippen LogP contribution in [0.25, 0.3) is 22.0 Å². The molecule has 10 heteroatoms. The molecule has 2 aromatic heterocycles. The van der Waals surface area contributed by atoms with Gasteiger partial charge in [0.2, 0.25) is 0 Å². The Morgan fingerprint density at radius 3 is 2.54 bits per heavy atom. The number of benzene rings is 1. The zero-order chi connectivity index (χ0) is 20.4. The van der Waals surface area contributed by atoms with E-state index in [2.05, 4.69) is 37.7 Å². The zero-order valence-electron chi connectivity index (χ0n) is 15.5. The minimum Gasteiger partial charge on any atom is -0.483 e. The number of halogens is 1. The van der Waals surface area contributed by atoms with E-state index in [-0.39, 0.29) is 19.1 Å². The molecule has 1 aromatic carbocycles. The molecule has 0 saturated carbocycles. The van der Waals surface area contributed by atoms with Crippen LogP contribution in [0.15, 0.2) is 24.5 Å². The minimum atomic E-state index is -0.998. The molecule has 2 heterocycles. The number of aryl methyl sites for hydroxylation is 1. The number of likely N-dealkylation sites (N-methyl/N-ethyl adjacent to an activating group) is 1. The van der Waals surface area contributed by atoms with E-state index in [1.54, 1.807) is 39.5 Å². The number of fused-ring (bicyclic) bond motifs is 1. The van der Waals surface area contributed by atoms with Crippen LogP contribution in [0.5, 0.6) is 5.75 Å². The van der Waals surface area contributed by atoms with Crippen LogP contribution in [0, 0.1) is 10.6 Å². The molecule has 0 radical (unpaired) electrons. The molecular weight excluding hydrogens is 477 g/mol. The normalized spacial score (nSPS) is 10.9. The van der Waals surface area contributed by atoms with E-state index in [4.69, 9.17) is 9.84 Å². The number of carbonyl (C=O) groups is 2. The molecule has 0 aliphatic heterocycles. The maximum absolute atomic E-state index is 12.0. The molecule has 0 fully saturated rings. The van der Waals surface area contributed by atoms with Crippen LogP contribution in [0.3, 0.4) is 0 Å². The van der Waals surface area contributed by atoms with Crippen LogP contribution < -0.4 is 4.74 Å². The van der Waals surface area contributed by atoms with Crippen molar-refractivity contribution in [1.82, 2.24) is 24.6 Å². The number of rotatable bonds is 6. The van der Waals surface area contributed by atoms with Crippen molar-refractivity contribution in [3.8, 4) is 16.9 Å².